The smallest absolute Gasteiger partial charge is 0.174 e. The van der Waals surface area contributed by atoms with Crippen LogP contribution in [0.3, 0.4) is 0 Å². The maximum Gasteiger partial charge on any atom is 0.174 e. The van der Waals surface area contributed by atoms with Gasteiger partial charge in [0.1, 0.15) is 10.8 Å². The van der Waals surface area contributed by atoms with Crippen molar-refractivity contribution < 1.29 is 9.18 Å². The molecule has 3 heterocycles. The summed E-state index contributed by atoms with van der Waals surface area (Å²) in [5.74, 6) is -0.123. The number of nitrogens with zero attached hydrogens (tertiary/aromatic N) is 4. The van der Waals surface area contributed by atoms with Gasteiger partial charge in [-0.05, 0) is 18.9 Å². The number of carbonyl (C=O) groups is 1. The normalized spacial score (nSPS) is 14.5. The molecule has 1 fully saturated rings. The average Bonchev–Trinajstić information content (AvgIpc) is 3.31. The summed E-state index contributed by atoms with van der Waals surface area (Å²) in [5, 5.41) is 4.90. The van der Waals surface area contributed by atoms with Crippen molar-refractivity contribution in [2.75, 3.05) is 0 Å². The molecule has 110 valence electrons. The molecule has 0 radical (unpaired) electrons. The van der Waals surface area contributed by atoms with Crippen LogP contribution in [0.4, 0.5) is 4.39 Å². The van der Waals surface area contributed by atoms with Crippen LogP contribution in [0.5, 0.6) is 0 Å². The van der Waals surface area contributed by atoms with E-state index in [1.54, 1.807) is 6.20 Å². The molecule has 3 aromatic heterocycles. The Kier molecular flexibility index (Phi) is 2.94. The molecule has 0 bridgehead atoms. The monoisotopic (exact) mass is 316 g/mol. The standard InChI is InChI=1S/C15H10ClFN4O/c16-12-14(8-1-2-8)20-21-6-10(7-22)13(19-15(12)21)9-3-11(17)5-18-4-9/h3-8H,1-2H2. The summed E-state index contributed by atoms with van der Waals surface area (Å²) in [7, 11) is 0. The number of fused-ring (bicyclic) bond motifs is 1. The van der Waals surface area contributed by atoms with Gasteiger partial charge in [0.05, 0.1) is 23.1 Å². The zero-order valence-corrected chi connectivity index (χ0v) is 12.1. The molecule has 1 aliphatic rings. The van der Waals surface area contributed by atoms with E-state index < -0.39 is 5.82 Å². The maximum atomic E-state index is 13.4. The number of rotatable bonds is 3. The summed E-state index contributed by atoms with van der Waals surface area (Å²) >= 11 is 6.35. The van der Waals surface area contributed by atoms with E-state index in [2.05, 4.69) is 15.1 Å². The highest BCUT2D eigenvalue weighted by molar-refractivity contribution is 6.34. The van der Waals surface area contributed by atoms with E-state index >= 15 is 0 Å². The maximum absolute atomic E-state index is 13.4. The van der Waals surface area contributed by atoms with Gasteiger partial charge in [0.2, 0.25) is 0 Å². The van der Waals surface area contributed by atoms with Crippen LogP contribution >= 0.6 is 11.6 Å². The van der Waals surface area contributed by atoms with E-state index in [0.29, 0.717) is 39.7 Å². The molecule has 7 heteroatoms. The predicted octanol–water partition coefficient (Wildman–Crippen LogP) is 3.27. The number of hydrogen-bond acceptors (Lipinski definition) is 4. The molecule has 0 amide bonds. The zero-order chi connectivity index (χ0) is 15.3. The molecule has 0 spiro atoms. The van der Waals surface area contributed by atoms with Crippen LogP contribution in [0.15, 0.2) is 24.7 Å². The quantitative estimate of drug-likeness (QED) is 0.696. The lowest BCUT2D eigenvalue weighted by molar-refractivity contribution is 0.112. The Balaban J connectivity index is 1.97. The topological polar surface area (TPSA) is 60.2 Å². The van der Waals surface area contributed by atoms with Gasteiger partial charge in [-0.25, -0.2) is 13.9 Å². The highest BCUT2D eigenvalue weighted by atomic mass is 35.5. The fourth-order valence-corrected chi connectivity index (χ4v) is 2.77. The fourth-order valence-electron chi connectivity index (χ4n) is 2.45. The molecule has 0 unspecified atom stereocenters. The molecule has 3 aromatic rings. The van der Waals surface area contributed by atoms with E-state index in [1.807, 2.05) is 0 Å². The van der Waals surface area contributed by atoms with Gasteiger partial charge in [-0.2, -0.15) is 5.10 Å². The van der Waals surface area contributed by atoms with Crippen molar-refractivity contribution in [1.82, 2.24) is 19.6 Å². The molecule has 1 saturated carbocycles. The number of hydrogen-bond donors (Lipinski definition) is 0. The number of aldehydes is 1. The zero-order valence-electron chi connectivity index (χ0n) is 11.3. The molecule has 22 heavy (non-hydrogen) atoms. The average molecular weight is 317 g/mol. The second-order valence-electron chi connectivity index (χ2n) is 5.30. The van der Waals surface area contributed by atoms with Crippen LogP contribution in [0, 0.1) is 5.82 Å². The van der Waals surface area contributed by atoms with Crippen molar-refractivity contribution in [2.24, 2.45) is 0 Å². The first-order valence-electron chi connectivity index (χ1n) is 6.82. The fraction of sp³-hybridized carbons (Fsp3) is 0.200. The van der Waals surface area contributed by atoms with Crippen LogP contribution < -0.4 is 0 Å². The largest absolute Gasteiger partial charge is 0.298 e. The van der Waals surface area contributed by atoms with Gasteiger partial charge in [-0.1, -0.05) is 11.6 Å². The van der Waals surface area contributed by atoms with Crippen molar-refractivity contribution in [3.63, 3.8) is 0 Å². The Morgan fingerprint density at radius 1 is 1.36 bits per heavy atom. The van der Waals surface area contributed by atoms with Gasteiger partial charge in [0, 0.05) is 23.9 Å². The molecule has 0 aromatic carbocycles. The third kappa shape index (κ3) is 2.07. The number of aromatic nitrogens is 4. The minimum atomic E-state index is -0.491. The summed E-state index contributed by atoms with van der Waals surface area (Å²) in [6.45, 7) is 0. The van der Waals surface area contributed by atoms with E-state index in [0.717, 1.165) is 24.7 Å². The first-order chi connectivity index (χ1) is 10.7. The first kappa shape index (κ1) is 13.3. The van der Waals surface area contributed by atoms with Gasteiger partial charge < -0.3 is 0 Å². The van der Waals surface area contributed by atoms with Crippen molar-refractivity contribution in [3.8, 4) is 11.3 Å². The third-order valence-electron chi connectivity index (χ3n) is 3.68. The molecular weight excluding hydrogens is 307 g/mol. The summed E-state index contributed by atoms with van der Waals surface area (Å²) < 4.78 is 14.9. The molecule has 5 nitrogen and oxygen atoms in total. The van der Waals surface area contributed by atoms with Crippen LogP contribution in [-0.2, 0) is 0 Å². The summed E-state index contributed by atoms with van der Waals surface area (Å²) in [5.41, 5.74) is 2.35. The first-order valence-corrected chi connectivity index (χ1v) is 7.20. The van der Waals surface area contributed by atoms with E-state index in [4.69, 9.17) is 11.6 Å². The summed E-state index contributed by atoms with van der Waals surface area (Å²) in [6, 6.07) is 1.28. The lowest BCUT2D eigenvalue weighted by atomic mass is 10.1. The molecule has 1 aliphatic carbocycles. The molecular formula is C15H10ClFN4O. The molecule has 4 rings (SSSR count). The van der Waals surface area contributed by atoms with Crippen molar-refractivity contribution in [3.05, 3.63) is 46.8 Å². The van der Waals surface area contributed by atoms with Crippen LogP contribution in [0.2, 0.25) is 5.02 Å². The second kappa shape index (κ2) is 4.84. The Bertz CT molecular complexity index is 904. The van der Waals surface area contributed by atoms with Crippen LogP contribution in [0.1, 0.15) is 34.8 Å². The molecule has 0 atom stereocenters. The number of halogens is 2. The van der Waals surface area contributed by atoms with Crippen molar-refractivity contribution in [2.45, 2.75) is 18.8 Å². The SMILES string of the molecule is O=Cc1cn2nc(C3CC3)c(Cl)c2nc1-c1cncc(F)c1. The van der Waals surface area contributed by atoms with Crippen LogP contribution in [-0.4, -0.2) is 25.9 Å². The number of pyridine rings is 1. The van der Waals surface area contributed by atoms with Gasteiger partial charge in [0.25, 0.3) is 0 Å². The Morgan fingerprint density at radius 3 is 2.86 bits per heavy atom. The molecule has 0 saturated heterocycles. The summed E-state index contributed by atoms with van der Waals surface area (Å²) in [6.07, 6.45) is 6.91. The Morgan fingerprint density at radius 2 is 2.18 bits per heavy atom. The Hall–Kier alpha value is -2.34. The highest BCUT2D eigenvalue weighted by Crippen LogP contribution is 2.43. The Labute approximate surface area is 129 Å². The van der Waals surface area contributed by atoms with Gasteiger partial charge in [-0.15, -0.1) is 0 Å². The van der Waals surface area contributed by atoms with Crippen molar-refractivity contribution >= 4 is 23.5 Å². The summed E-state index contributed by atoms with van der Waals surface area (Å²) in [4.78, 5) is 19.6. The lowest BCUT2D eigenvalue weighted by Gasteiger charge is -2.05. The highest BCUT2D eigenvalue weighted by Gasteiger charge is 2.30. The van der Waals surface area contributed by atoms with E-state index in [-0.39, 0.29) is 0 Å². The minimum absolute atomic E-state index is 0.307. The van der Waals surface area contributed by atoms with Gasteiger partial charge in [0.15, 0.2) is 11.9 Å². The predicted molar refractivity (Wildman–Crippen MR) is 78.5 cm³/mol. The van der Waals surface area contributed by atoms with Crippen molar-refractivity contribution in [1.29, 1.82) is 0 Å². The lowest BCUT2D eigenvalue weighted by Crippen LogP contribution is -1.99. The van der Waals surface area contributed by atoms with E-state index in [1.165, 1.54) is 16.8 Å². The van der Waals surface area contributed by atoms with Crippen LogP contribution in [0.25, 0.3) is 16.9 Å². The molecule has 0 aliphatic heterocycles. The second-order valence-corrected chi connectivity index (χ2v) is 5.67. The van der Waals surface area contributed by atoms with Gasteiger partial charge in [-0.3, -0.25) is 9.78 Å². The number of carbonyl (C=O) groups excluding carboxylic acids is 1. The minimum Gasteiger partial charge on any atom is -0.298 e. The third-order valence-corrected chi connectivity index (χ3v) is 4.04. The molecule has 0 N–H and O–H groups in total. The van der Waals surface area contributed by atoms with E-state index in [9.17, 15) is 9.18 Å². The van der Waals surface area contributed by atoms with Gasteiger partial charge >= 0.3 is 0 Å².